The van der Waals surface area contributed by atoms with Crippen molar-refractivity contribution in [2.75, 3.05) is 0 Å². The van der Waals surface area contributed by atoms with Crippen molar-refractivity contribution >= 4 is 28.3 Å². The van der Waals surface area contributed by atoms with Crippen LogP contribution >= 0.6 is 11.6 Å². The summed E-state index contributed by atoms with van der Waals surface area (Å²) in [6.07, 6.45) is 0. The van der Waals surface area contributed by atoms with E-state index in [1.54, 1.807) is 37.3 Å². The Hall–Kier alpha value is -2.60. The van der Waals surface area contributed by atoms with E-state index in [9.17, 15) is 10.1 Å². The van der Waals surface area contributed by atoms with Gasteiger partial charge in [-0.05, 0) is 31.2 Å². The predicted octanol–water partition coefficient (Wildman–Crippen LogP) is 4.02. The molecule has 0 amide bonds. The number of benzene rings is 2. The smallest absolute Gasteiger partial charge is 0.313 e. The van der Waals surface area contributed by atoms with Crippen molar-refractivity contribution in [2.24, 2.45) is 7.05 Å². The number of ether oxygens (including phenoxy) is 1. The molecule has 3 rings (SSSR count). The molecule has 0 saturated carbocycles. The predicted molar refractivity (Wildman–Crippen MR) is 87.9 cm³/mol. The Morgan fingerprint density at radius 3 is 2.87 bits per heavy atom. The van der Waals surface area contributed by atoms with E-state index in [2.05, 4.69) is 4.98 Å². The quantitative estimate of drug-likeness (QED) is 0.534. The van der Waals surface area contributed by atoms with Crippen LogP contribution in [0.2, 0.25) is 5.02 Å². The summed E-state index contributed by atoms with van der Waals surface area (Å²) in [5, 5.41) is 11.8. The van der Waals surface area contributed by atoms with E-state index in [0.29, 0.717) is 16.4 Å². The minimum atomic E-state index is -0.431. The molecule has 0 aliphatic carbocycles. The first kappa shape index (κ1) is 15.3. The molecule has 0 radical (unpaired) electrons. The van der Waals surface area contributed by atoms with E-state index in [-0.39, 0.29) is 18.0 Å². The average molecular weight is 332 g/mol. The summed E-state index contributed by atoms with van der Waals surface area (Å²) in [6, 6.07) is 10.4. The fraction of sp³-hybridized carbons (Fsp3) is 0.188. The molecule has 23 heavy (non-hydrogen) atoms. The molecule has 1 aromatic heterocycles. The van der Waals surface area contributed by atoms with E-state index in [1.165, 1.54) is 0 Å². The summed E-state index contributed by atoms with van der Waals surface area (Å²) in [4.78, 5) is 15.2. The van der Waals surface area contributed by atoms with Gasteiger partial charge in [-0.1, -0.05) is 23.7 Å². The lowest BCUT2D eigenvalue weighted by Gasteiger charge is -2.08. The van der Waals surface area contributed by atoms with Gasteiger partial charge in [-0.15, -0.1) is 0 Å². The Morgan fingerprint density at radius 2 is 2.13 bits per heavy atom. The molecule has 0 unspecified atom stereocenters. The van der Waals surface area contributed by atoms with Crippen molar-refractivity contribution < 1.29 is 9.66 Å². The van der Waals surface area contributed by atoms with Crippen LogP contribution in [0.5, 0.6) is 5.75 Å². The van der Waals surface area contributed by atoms with Crippen LogP contribution in [0.1, 0.15) is 11.4 Å². The monoisotopic (exact) mass is 331 g/mol. The first-order valence-corrected chi connectivity index (χ1v) is 7.33. The van der Waals surface area contributed by atoms with Crippen molar-refractivity contribution in [1.29, 1.82) is 0 Å². The molecular formula is C16H14ClN3O3. The number of nitrogens with zero attached hydrogens (tertiary/aromatic N) is 3. The zero-order chi connectivity index (χ0) is 16.6. The minimum Gasteiger partial charge on any atom is -0.479 e. The zero-order valence-electron chi connectivity index (χ0n) is 12.6. The Morgan fingerprint density at radius 1 is 1.35 bits per heavy atom. The largest absolute Gasteiger partial charge is 0.479 e. The molecule has 7 heteroatoms. The Balaban J connectivity index is 1.91. The molecule has 0 spiro atoms. The number of fused-ring (bicyclic) bond motifs is 1. The van der Waals surface area contributed by atoms with Gasteiger partial charge in [-0.3, -0.25) is 10.1 Å². The van der Waals surface area contributed by atoms with Gasteiger partial charge in [0.2, 0.25) is 0 Å². The fourth-order valence-corrected chi connectivity index (χ4v) is 2.64. The van der Waals surface area contributed by atoms with E-state index < -0.39 is 4.92 Å². The molecule has 3 aromatic rings. The highest BCUT2D eigenvalue weighted by molar-refractivity contribution is 6.31. The van der Waals surface area contributed by atoms with Gasteiger partial charge in [-0.25, -0.2) is 4.98 Å². The van der Waals surface area contributed by atoms with Crippen LogP contribution in [0.15, 0.2) is 36.4 Å². The number of hydrogen-bond donors (Lipinski definition) is 0. The van der Waals surface area contributed by atoms with Crippen LogP contribution in [0.4, 0.5) is 5.69 Å². The summed E-state index contributed by atoms with van der Waals surface area (Å²) in [5.74, 6) is 0.901. The van der Waals surface area contributed by atoms with Crippen LogP contribution < -0.4 is 4.74 Å². The van der Waals surface area contributed by atoms with Crippen molar-refractivity contribution in [1.82, 2.24) is 9.55 Å². The van der Waals surface area contributed by atoms with Gasteiger partial charge in [0.05, 0.1) is 16.0 Å². The van der Waals surface area contributed by atoms with Gasteiger partial charge < -0.3 is 9.30 Å². The first-order valence-electron chi connectivity index (χ1n) is 6.95. The molecule has 118 valence electrons. The lowest BCUT2D eigenvalue weighted by atomic mass is 10.2. The topological polar surface area (TPSA) is 70.2 Å². The Bertz CT molecular complexity index is 905. The third-order valence-corrected chi connectivity index (χ3v) is 3.91. The highest BCUT2D eigenvalue weighted by Gasteiger charge is 2.19. The minimum absolute atomic E-state index is 0.0192. The molecule has 6 nitrogen and oxygen atoms in total. The van der Waals surface area contributed by atoms with Gasteiger partial charge in [-0.2, -0.15) is 0 Å². The summed E-state index contributed by atoms with van der Waals surface area (Å²) in [6.45, 7) is 1.81. The van der Waals surface area contributed by atoms with Crippen LogP contribution in [0.3, 0.4) is 0 Å². The fourth-order valence-electron chi connectivity index (χ4n) is 2.48. The Kier molecular flexibility index (Phi) is 3.92. The van der Waals surface area contributed by atoms with Crippen LogP contribution in [0, 0.1) is 17.0 Å². The number of nitro benzene ring substituents is 1. The van der Waals surface area contributed by atoms with Gasteiger partial charge in [0.25, 0.3) is 0 Å². The van der Waals surface area contributed by atoms with Gasteiger partial charge >= 0.3 is 5.69 Å². The number of aromatic nitrogens is 2. The van der Waals surface area contributed by atoms with E-state index >= 15 is 0 Å². The molecule has 0 fully saturated rings. The van der Waals surface area contributed by atoms with Crippen molar-refractivity contribution in [3.63, 3.8) is 0 Å². The molecule has 0 aliphatic rings. The van der Waals surface area contributed by atoms with Crippen molar-refractivity contribution in [2.45, 2.75) is 13.5 Å². The number of para-hydroxylation sites is 1. The van der Waals surface area contributed by atoms with Gasteiger partial charge in [0.15, 0.2) is 5.75 Å². The van der Waals surface area contributed by atoms with Gasteiger partial charge in [0, 0.05) is 17.6 Å². The van der Waals surface area contributed by atoms with Crippen LogP contribution in [0.25, 0.3) is 11.0 Å². The standard InChI is InChI=1S/C16H14ClN3O3/c1-10-4-3-5-14(16(10)20(21)22)23-9-15-18-12-8-11(17)6-7-13(12)19(15)2/h3-8H,9H2,1-2H3. The molecule has 0 saturated heterocycles. The highest BCUT2D eigenvalue weighted by Crippen LogP contribution is 2.31. The number of imidazole rings is 1. The molecule has 0 aliphatic heterocycles. The third kappa shape index (κ3) is 2.85. The average Bonchev–Trinajstić information content (AvgIpc) is 2.80. The second-order valence-corrected chi connectivity index (χ2v) is 5.62. The molecule has 2 aromatic carbocycles. The third-order valence-electron chi connectivity index (χ3n) is 3.68. The molecular weight excluding hydrogens is 318 g/mol. The second-order valence-electron chi connectivity index (χ2n) is 5.19. The molecule has 0 atom stereocenters. The molecule has 1 heterocycles. The number of aryl methyl sites for hydroxylation is 2. The normalized spacial score (nSPS) is 10.9. The summed E-state index contributed by atoms with van der Waals surface area (Å²) in [5.41, 5.74) is 2.22. The SMILES string of the molecule is Cc1cccc(OCc2nc3cc(Cl)ccc3n2C)c1[N+](=O)[O-]. The molecule has 0 N–H and O–H groups in total. The van der Waals surface area contributed by atoms with Crippen LogP contribution in [-0.2, 0) is 13.7 Å². The summed E-state index contributed by atoms with van der Waals surface area (Å²) in [7, 11) is 1.87. The number of rotatable bonds is 4. The number of nitro groups is 1. The molecule has 0 bridgehead atoms. The van der Waals surface area contributed by atoms with Crippen LogP contribution in [-0.4, -0.2) is 14.5 Å². The number of halogens is 1. The maximum Gasteiger partial charge on any atom is 0.313 e. The maximum atomic E-state index is 11.2. The highest BCUT2D eigenvalue weighted by atomic mass is 35.5. The summed E-state index contributed by atoms with van der Waals surface area (Å²) < 4.78 is 7.53. The lowest BCUT2D eigenvalue weighted by Crippen LogP contribution is -2.05. The first-order chi connectivity index (χ1) is 11.0. The lowest BCUT2D eigenvalue weighted by molar-refractivity contribution is -0.386. The van der Waals surface area contributed by atoms with Gasteiger partial charge in [0.1, 0.15) is 12.4 Å². The van der Waals surface area contributed by atoms with Crippen molar-refractivity contribution in [3.8, 4) is 5.75 Å². The summed E-state index contributed by atoms with van der Waals surface area (Å²) >= 11 is 5.97. The van der Waals surface area contributed by atoms with Crippen molar-refractivity contribution in [3.05, 3.63) is 62.9 Å². The van der Waals surface area contributed by atoms with E-state index in [1.807, 2.05) is 17.7 Å². The Labute approximate surface area is 137 Å². The maximum absolute atomic E-state index is 11.2. The number of hydrogen-bond acceptors (Lipinski definition) is 4. The van der Waals surface area contributed by atoms with E-state index in [4.69, 9.17) is 16.3 Å². The second kappa shape index (κ2) is 5.89. The zero-order valence-corrected chi connectivity index (χ0v) is 13.4. The van der Waals surface area contributed by atoms with E-state index in [0.717, 1.165) is 11.0 Å².